The van der Waals surface area contributed by atoms with Gasteiger partial charge in [0.2, 0.25) is 0 Å². The number of carboxylic acids is 1. The van der Waals surface area contributed by atoms with Crippen molar-refractivity contribution in [2.24, 2.45) is 0 Å². The summed E-state index contributed by atoms with van der Waals surface area (Å²) in [5.74, 6) is -0.387. The highest BCUT2D eigenvalue weighted by molar-refractivity contribution is 5.99. The van der Waals surface area contributed by atoms with Crippen molar-refractivity contribution in [1.82, 2.24) is 9.88 Å². The van der Waals surface area contributed by atoms with Gasteiger partial charge in [0.15, 0.2) is 6.61 Å². The van der Waals surface area contributed by atoms with E-state index in [2.05, 4.69) is 41.9 Å². The lowest BCUT2D eigenvalue weighted by Gasteiger charge is -2.12. The number of fused-ring (bicyclic) bond motifs is 1. The number of carbonyl (C=O) groups is 2. The summed E-state index contributed by atoms with van der Waals surface area (Å²) in [6, 6.07) is 21.1. The number of aryl methyl sites for hydroxylation is 1. The van der Waals surface area contributed by atoms with Gasteiger partial charge in [-0.1, -0.05) is 38.1 Å². The van der Waals surface area contributed by atoms with E-state index in [0.29, 0.717) is 35.9 Å². The zero-order valence-electron chi connectivity index (χ0n) is 22.0. The van der Waals surface area contributed by atoms with Crippen LogP contribution in [0.15, 0.2) is 60.7 Å². The number of hydrogen-bond acceptors (Lipinski definition) is 4. The monoisotopic (exact) mass is 509 g/mol. The SMILES string of the molecule is Cc1c(C)n(Cc2cc(OCC(=O)O)ccc2C#N)c2ccc(C(=O)NCc3cccc(C(C)C)c3)cc12. The molecule has 7 nitrogen and oxygen atoms in total. The fourth-order valence-electron chi connectivity index (χ4n) is 4.56. The fraction of sp³-hybridized carbons (Fsp3) is 0.258. The Labute approximate surface area is 222 Å². The number of hydrogen-bond donors (Lipinski definition) is 2. The van der Waals surface area contributed by atoms with Crippen molar-refractivity contribution >= 4 is 22.8 Å². The first-order valence-corrected chi connectivity index (χ1v) is 12.5. The van der Waals surface area contributed by atoms with Gasteiger partial charge in [0.05, 0.1) is 11.6 Å². The zero-order valence-corrected chi connectivity index (χ0v) is 22.0. The van der Waals surface area contributed by atoms with Crippen LogP contribution in [0.25, 0.3) is 10.9 Å². The molecule has 38 heavy (non-hydrogen) atoms. The summed E-state index contributed by atoms with van der Waals surface area (Å²) < 4.78 is 7.42. The van der Waals surface area contributed by atoms with E-state index >= 15 is 0 Å². The van der Waals surface area contributed by atoms with Crippen LogP contribution in [0.3, 0.4) is 0 Å². The molecular formula is C31H31N3O4. The van der Waals surface area contributed by atoms with Gasteiger partial charge in [-0.3, -0.25) is 4.79 Å². The van der Waals surface area contributed by atoms with Crippen LogP contribution in [-0.2, 0) is 17.9 Å². The largest absolute Gasteiger partial charge is 0.482 e. The number of aromatic nitrogens is 1. The van der Waals surface area contributed by atoms with Crippen molar-refractivity contribution in [3.8, 4) is 11.8 Å². The van der Waals surface area contributed by atoms with Gasteiger partial charge in [0, 0.05) is 35.2 Å². The summed E-state index contributed by atoms with van der Waals surface area (Å²) in [7, 11) is 0. The molecule has 1 heterocycles. The summed E-state index contributed by atoms with van der Waals surface area (Å²) in [5.41, 5.74) is 7.11. The quantitative estimate of drug-likeness (QED) is 0.301. The Morgan fingerprint density at radius 1 is 1.08 bits per heavy atom. The predicted molar refractivity (Wildman–Crippen MR) is 147 cm³/mol. The van der Waals surface area contributed by atoms with E-state index in [9.17, 15) is 14.9 Å². The number of nitrogens with one attached hydrogen (secondary N) is 1. The predicted octanol–water partition coefficient (Wildman–Crippen LogP) is 5.69. The van der Waals surface area contributed by atoms with Crippen LogP contribution >= 0.6 is 0 Å². The molecule has 4 rings (SSSR count). The molecule has 1 amide bonds. The maximum Gasteiger partial charge on any atom is 0.341 e. The van der Waals surface area contributed by atoms with Gasteiger partial charge in [-0.05, 0) is 78.4 Å². The molecule has 7 heteroatoms. The second-order valence-corrected chi connectivity index (χ2v) is 9.72. The molecule has 0 aliphatic rings. The number of carboxylic acid groups (broad SMARTS) is 1. The molecular weight excluding hydrogens is 478 g/mol. The van der Waals surface area contributed by atoms with Crippen LogP contribution in [0.5, 0.6) is 5.75 Å². The lowest BCUT2D eigenvalue weighted by atomic mass is 10.0. The van der Waals surface area contributed by atoms with Crippen molar-refractivity contribution < 1.29 is 19.4 Å². The standard InChI is InChI=1S/C31H31N3O4/c1-19(2)23-7-5-6-22(12-23)16-33-31(37)24-9-11-29-28(14-24)20(3)21(4)34(29)17-26-13-27(38-18-30(35)36)10-8-25(26)15-32/h5-14,19H,16-18H2,1-4H3,(H,33,37)(H,35,36). The molecule has 3 aromatic carbocycles. The molecule has 0 saturated heterocycles. The number of amides is 1. The zero-order chi connectivity index (χ0) is 27.4. The van der Waals surface area contributed by atoms with Crippen molar-refractivity contribution in [3.63, 3.8) is 0 Å². The number of nitriles is 1. The molecule has 194 valence electrons. The highest BCUT2D eigenvalue weighted by Crippen LogP contribution is 2.29. The number of aliphatic carboxylic acids is 1. The number of nitrogens with zero attached hydrogens (tertiary/aromatic N) is 2. The molecule has 0 saturated carbocycles. The Morgan fingerprint density at radius 3 is 2.58 bits per heavy atom. The normalized spacial score (nSPS) is 10.9. The second kappa shape index (κ2) is 11.2. The maximum absolute atomic E-state index is 13.0. The van der Waals surface area contributed by atoms with E-state index < -0.39 is 12.6 Å². The van der Waals surface area contributed by atoms with E-state index in [4.69, 9.17) is 9.84 Å². The molecule has 0 spiro atoms. The lowest BCUT2D eigenvalue weighted by molar-refractivity contribution is -0.139. The summed E-state index contributed by atoms with van der Waals surface area (Å²) in [6.45, 7) is 8.72. The number of rotatable bonds is 9. The van der Waals surface area contributed by atoms with E-state index in [1.54, 1.807) is 18.2 Å². The molecule has 0 aliphatic carbocycles. The Hall–Kier alpha value is -4.57. The van der Waals surface area contributed by atoms with Gasteiger partial charge in [-0.25, -0.2) is 4.79 Å². The first-order chi connectivity index (χ1) is 18.2. The maximum atomic E-state index is 13.0. The van der Waals surface area contributed by atoms with E-state index in [0.717, 1.165) is 33.3 Å². The van der Waals surface area contributed by atoms with Crippen LogP contribution in [0, 0.1) is 25.2 Å². The Morgan fingerprint density at radius 2 is 1.87 bits per heavy atom. The molecule has 0 fully saturated rings. The third-order valence-corrected chi connectivity index (χ3v) is 6.86. The summed E-state index contributed by atoms with van der Waals surface area (Å²) in [4.78, 5) is 23.9. The van der Waals surface area contributed by atoms with Crippen LogP contribution in [0.4, 0.5) is 0 Å². The Kier molecular flexibility index (Phi) is 7.82. The minimum Gasteiger partial charge on any atom is -0.482 e. The van der Waals surface area contributed by atoms with Crippen LogP contribution in [-0.4, -0.2) is 28.2 Å². The van der Waals surface area contributed by atoms with Crippen LogP contribution < -0.4 is 10.1 Å². The van der Waals surface area contributed by atoms with Crippen molar-refractivity contribution in [2.75, 3.05) is 6.61 Å². The molecule has 0 aliphatic heterocycles. The molecule has 0 unspecified atom stereocenters. The van der Waals surface area contributed by atoms with Crippen LogP contribution in [0.1, 0.15) is 63.6 Å². The Bertz CT molecular complexity index is 1560. The summed E-state index contributed by atoms with van der Waals surface area (Å²) >= 11 is 0. The molecule has 4 aromatic rings. The van der Waals surface area contributed by atoms with Crippen molar-refractivity contribution in [1.29, 1.82) is 5.26 Å². The highest BCUT2D eigenvalue weighted by Gasteiger charge is 2.16. The molecule has 2 N–H and O–H groups in total. The third kappa shape index (κ3) is 5.70. The first kappa shape index (κ1) is 26.5. The van der Waals surface area contributed by atoms with Gasteiger partial charge < -0.3 is 19.7 Å². The molecule has 0 radical (unpaired) electrons. The number of benzene rings is 3. The third-order valence-electron chi connectivity index (χ3n) is 6.86. The van der Waals surface area contributed by atoms with E-state index in [1.807, 2.05) is 44.2 Å². The van der Waals surface area contributed by atoms with Crippen molar-refractivity contribution in [3.05, 3.63) is 99.7 Å². The van der Waals surface area contributed by atoms with E-state index in [1.165, 1.54) is 5.56 Å². The summed E-state index contributed by atoms with van der Waals surface area (Å²) in [5, 5.41) is 22.5. The first-order valence-electron chi connectivity index (χ1n) is 12.5. The van der Waals surface area contributed by atoms with Gasteiger partial charge >= 0.3 is 5.97 Å². The lowest BCUT2D eigenvalue weighted by Crippen LogP contribution is -2.22. The Balaban J connectivity index is 1.58. The van der Waals surface area contributed by atoms with E-state index in [-0.39, 0.29) is 5.91 Å². The van der Waals surface area contributed by atoms with Crippen LogP contribution in [0.2, 0.25) is 0 Å². The van der Waals surface area contributed by atoms with Gasteiger partial charge in [0.1, 0.15) is 5.75 Å². The molecule has 1 aromatic heterocycles. The fourth-order valence-corrected chi connectivity index (χ4v) is 4.56. The average Bonchev–Trinajstić information content (AvgIpc) is 3.15. The van der Waals surface area contributed by atoms with Gasteiger partial charge in [0.25, 0.3) is 5.91 Å². The molecule has 0 bridgehead atoms. The summed E-state index contributed by atoms with van der Waals surface area (Å²) in [6.07, 6.45) is 0. The average molecular weight is 510 g/mol. The van der Waals surface area contributed by atoms with Gasteiger partial charge in [-0.15, -0.1) is 0 Å². The minimum absolute atomic E-state index is 0.137. The topological polar surface area (TPSA) is 104 Å². The second-order valence-electron chi connectivity index (χ2n) is 9.72. The highest BCUT2D eigenvalue weighted by atomic mass is 16.5. The van der Waals surface area contributed by atoms with Crippen molar-refractivity contribution in [2.45, 2.75) is 46.7 Å². The molecule has 0 atom stereocenters. The van der Waals surface area contributed by atoms with Gasteiger partial charge in [-0.2, -0.15) is 5.26 Å². The smallest absolute Gasteiger partial charge is 0.341 e. The minimum atomic E-state index is -1.07. The number of carbonyl (C=O) groups excluding carboxylic acids is 1. The number of ether oxygens (including phenoxy) is 1.